The predicted molar refractivity (Wildman–Crippen MR) is 83.6 cm³/mol. The van der Waals surface area contributed by atoms with Crippen molar-refractivity contribution in [2.45, 2.75) is 18.5 Å². The number of imidazole rings is 1. The first-order valence-corrected chi connectivity index (χ1v) is 8.07. The van der Waals surface area contributed by atoms with Crippen LogP contribution in [0.4, 0.5) is 23.7 Å². The summed E-state index contributed by atoms with van der Waals surface area (Å²) in [6.45, 7) is 0.148. The second kappa shape index (κ2) is 5.85. The Morgan fingerprint density at radius 2 is 2.08 bits per heavy atom. The van der Waals surface area contributed by atoms with Crippen LogP contribution >= 0.6 is 0 Å². The van der Waals surface area contributed by atoms with E-state index in [-0.39, 0.29) is 26.1 Å². The molecule has 2 atom stereocenters. The third-order valence-electron chi connectivity index (χ3n) is 4.73. The van der Waals surface area contributed by atoms with E-state index in [0.29, 0.717) is 17.0 Å². The van der Waals surface area contributed by atoms with Crippen molar-refractivity contribution >= 4 is 23.3 Å². The summed E-state index contributed by atoms with van der Waals surface area (Å²) in [4.78, 5) is 29.1. The molecule has 3 amide bonds. The average Bonchev–Trinajstić information content (AvgIpc) is 3.23. The van der Waals surface area contributed by atoms with Gasteiger partial charge in [0.2, 0.25) is 5.91 Å². The van der Waals surface area contributed by atoms with Crippen LogP contribution in [0.1, 0.15) is 18.0 Å². The largest absolute Gasteiger partial charge is 0.393 e. The fourth-order valence-electron chi connectivity index (χ4n) is 3.34. The summed E-state index contributed by atoms with van der Waals surface area (Å²) >= 11 is 0. The Morgan fingerprint density at radius 3 is 2.77 bits per heavy atom. The molecule has 2 saturated heterocycles. The van der Waals surface area contributed by atoms with E-state index in [4.69, 9.17) is 0 Å². The number of carbonyl (C=O) groups is 2. The van der Waals surface area contributed by atoms with E-state index in [1.807, 2.05) is 0 Å². The van der Waals surface area contributed by atoms with Gasteiger partial charge in [-0.2, -0.15) is 18.3 Å². The molecule has 1 unspecified atom stereocenters. The summed E-state index contributed by atoms with van der Waals surface area (Å²) in [5, 5.41) is 9.02. The molecule has 138 valence electrons. The monoisotopic (exact) mass is 368 g/mol. The number of hydrogen-bond donors (Lipinski definition) is 2. The lowest BCUT2D eigenvalue weighted by molar-refractivity contribution is -0.168. The standard InChI is InChI=1S/C15H15F3N6O2/c16-15(17,18)8-1-3-23(7-8)11-5-10(22-24-4-2-19-12(11)24)9-6-20-14(26)21-13(9)25/h2,4-5,8-9H,1,3,6-7H2,(H2,20,21,25,26)/t8-,9?/m1/s1. The van der Waals surface area contributed by atoms with Crippen LogP contribution in [-0.2, 0) is 4.79 Å². The zero-order valence-corrected chi connectivity index (χ0v) is 13.5. The fourth-order valence-corrected chi connectivity index (χ4v) is 3.34. The van der Waals surface area contributed by atoms with Gasteiger partial charge < -0.3 is 10.2 Å². The number of nitrogens with one attached hydrogen (secondary N) is 2. The van der Waals surface area contributed by atoms with Gasteiger partial charge in [0.15, 0.2) is 5.65 Å². The quantitative estimate of drug-likeness (QED) is 0.827. The predicted octanol–water partition coefficient (Wildman–Crippen LogP) is 1.04. The molecule has 2 aliphatic heterocycles. The third-order valence-corrected chi connectivity index (χ3v) is 4.73. The highest BCUT2D eigenvalue weighted by atomic mass is 19.4. The van der Waals surface area contributed by atoms with Crippen LogP contribution in [0.5, 0.6) is 0 Å². The highest BCUT2D eigenvalue weighted by molar-refractivity contribution is 6.00. The number of alkyl halides is 3. The lowest BCUT2D eigenvalue weighted by atomic mass is 10.0. The van der Waals surface area contributed by atoms with E-state index in [0.717, 1.165) is 0 Å². The van der Waals surface area contributed by atoms with Crippen molar-refractivity contribution in [1.29, 1.82) is 0 Å². The first-order chi connectivity index (χ1) is 12.3. The maximum Gasteiger partial charge on any atom is 0.393 e. The summed E-state index contributed by atoms with van der Waals surface area (Å²) in [5.74, 6) is -2.62. The molecular formula is C15H15F3N6O2. The minimum Gasteiger partial charge on any atom is -0.368 e. The van der Waals surface area contributed by atoms with Crippen molar-refractivity contribution in [3.8, 4) is 0 Å². The Labute approximate surface area is 145 Å². The molecule has 0 aromatic carbocycles. The SMILES string of the molecule is O=C1NCC(c2cc(N3CC[C@@H](C(F)(F)F)C3)c3nccn3n2)C(=O)N1. The summed E-state index contributed by atoms with van der Waals surface area (Å²) < 4.78 is 40.5. The van der Waals surface area contributed by atoms with Gasteiger partial charge in [-0.25, -0.2) is 14.3 Å². The molecule has 2 aromatic rings. The number of imide groups is 1. The number of halogens is 3. The van der Waals surface area contributed by atoms with Crippen LogP contribution < -0.4 is 15.5 Å². The molecule has 2 N–H and O–H groups in total. The van der Waals surface area contributed by atoms with Gasteiger partial charge in [0.25, 0.3) is 0 Å². The second-order valence-corrected chi connectivity index (χ2v) is 6.37. The van der Waals surface area contributed by atoms with Crippen LogP contribution in [0.25, 0.3) is 5.65 Å². The topological polar surface area (TPSA) is 91.6 Å². The maximum absolute atomic E-state index is 13.0. The van der Waals surface area contributed by atoms with Crippen LogP contribution in [0, 0.1) is 5.92 Å². The molecule has 8 nitrogen and oxygen atoms in total. The van der Waals surface area contributed by atoms with Crippen LogP contribution in [0.2, 0.25) is 0 Å². The van der Waals surface area contributed by atoms with Crippen molar-refractivity contribution in [3.63, 3.8) is 0 Å². The first kappa shape index (κ1) is 16.6. The van der Waals surface area contributed by atoms with Gasteiger partial charge in [-0.05, 0) is 12.5 Å². The number of rotatable bonds is 2. The molecule has 4 rings (SSSR count). The Kier molecular flexibility index (Phi) is 3.74. The summed E-state index contributed by atoms with van der Waals surface area (Å²) in [6.07, 6.45) is -1.17. The van der Waals surface area contributed by atoms with E-state index in [2.05, 4.69) is 20.7 Å². The zero-order chi connectivity index (χ0) is 18.5. The Bertz CT molecular complexity index is 880. The van der Waals surface area contributed by atoms with Gasteiger partial charge in [0.05, 0.1) is 23.2 Å². The molecule has 4 heterocycles. The minimum absolute atomic E-state index is 0.00793. The van der Waals surface area contributed by atoms with Crippen molar-refractivity contribution in [1.82, 2.24) is 25.2 Å². The molecule has 2 fully saturated rings. The van der Waals surface area contributed by atoms with Crippen molar-refractivity contribution in [3.05, 3.63) is 24.2 Å². The van der Waals surface area contributed by atoms with Crippen LogP contribution in [0.3, 0.4) is 0 Å². The van der Waals surface area contributed by atoms with E-state index >= 15 is 0 Å². The van der Waals surface area contributed by atoms with Crippen molar-refractivity contribution in [2.24, 2.45) is 5.92 Å². The Balaban J connectivity index is 1.70. The molecule has 0 spiro atoms. The molecule has 2 aromatic heterocycles. The Hall–Kier alpha value is -2.85. The average molecular weight is 368 g/mol. The first-order valence-electron chi connectivity index (χ1n) is 8.07. The van der Waals surface area contributed by atoms with Gasteiger partial charge in [-0.3, -0.25) is 10.1 Å². The number of aromatic nitrogens is 3. The highest BCUT2D eigenvalue weighted by Gasteiger charge is 2.44. The smallest absolute Gasteiger partial charge is 0.368 e. The van der Waals surface area contributed by atoms with Gasteiger partial charge in [0.1, 0.15) is 0 Å². The lowest BCUT2D eigenvalue weighted by Gasteiger charge is -2.24. The van der Waals surface area contributed by atoms with Crippen LogP contribution in [-0.4, -0.2) is 52.3 Å². The molecule has 0 saturated carbocycles. The number of nitrogens with zero attached hydrogens (tertiary/aromatic N) is 4. The fraction of sp³-hybridized carbons (Fsp3) is 0.467. The second-order valence-electron chi connectivity index (χ2n) is 6.37. The molecule has 2 aliphatic rings. The van der Waals surface area contributed by atoms with Gasteiger partial charge >= 0.3 is 12.2 Å². The third kappa shape index (κ3) is 2.82. The normalized spacial score (nSPS) is 24.0. The number of amides is 3. The van der Waals surface area contributed by atoms with Crippen molar-refractivity contribution in [2.75, 3.05) is 24.5 Å². The van der Waals surface area contributed by atoms with E-state index in [1.165, 1.54) is 10.7 Å². The summed E-state index contributed by atoms with van der Waals surface area (Å²) in [7, 11) is 0. The van der Waals surface area contributed by atoms with Gasteiger partial charge in [-0.1, -0.05) is 0 Å². The molecule has 0 bridgehead atoms. The molecular weight excluding hydrogens is 353 g/mol. The Morgan fingerprint density at radius 1 is 1.27 bits per heavy atom. The number of fused-ring (bicyclic) bond motifs is 1. The number of anilines is 1. The molecule has 11 heteroatoms. The van der Waals surface area contributed by atoms with Gasteiger partial charge in [0, 0.05) is 32.0 Å². The van der Waals surface area contributed by atoms with Gasteiger partial charge in [-0.15, -0.1) is 0 Å². The zero-order valence-electron chi connectivity index (χ0n) is 13.5. The maximum atomic E-state index is 13.0. The molecule has 0 radical (unpaired) electrons. The number of carbonyl (C=O) groups excluding carboxylic acids is 2. The van der Waals surface area contributed by atoms with E-state index in [9.17, 15) is 22.8 Å². The summed E-state index contributed by atoms with van der Waals surface area (Å²) in [6, 6.07) is 1.01. The van der Waals surface area contributed by atoms with Crippen LogP contribution in [0.15, 0.2) is 18.5 Å². The minimum atomic E-state index is -4.25. The van der Waals surface area contributed by atoms with E-state index < -0.39 is 30.0 Å². The highest BCUT2D eigenvalue weighted by Crippen LogP contribution is 2.37. The molecule has 26 heavy (non-hydrogen) atoms. The lowest BCUT2D eigenvalue weighted by Crippen LogP contribution is -2.51. The number of hydrogen-bond acceptors (Lipinski definition) is 5. The summed E-state index contributed by atoms with van der Waals surface area (Å²) in [5.41, 5.74) is 1.28. The molecule has 0 aliphatic carbocycles. The van der Waals surface area contributed by atoms with E-state index in [1.54, 1.807) is 17.2 Å². The van der Waals surface area contributed by atoms with Crippen molar-refractivity contribution < 1.29 is 22.8 Å². The number of urea groups is 1.